The molecule has 3 heteroatoms. The van der Waals surface area contributed by atoms with Crippen molar-refractivity contribution < 1.29 is 9.90 Å². The van der Waals surface area contributed by atoms with Crippen molar-refractivity contribution in [1.82, 2.24) is 4.57 Å². The highest BCUT2D eigenvalue weighted by atomic mass is 16.4. The van der Waals surface area contributed by atoms with E-state index in [-0.39, 0.29) is 0 Å². The average molecular weight is 207 g/mol. The molecule has 1 fully saturated rings. The van der Waals surface area contributed by atoms with Crippen LogP contribution in [0.2, 0.25) is 0 Å². The third-order valence-corrected chi connectivity index (χ3v) is 3.26. The largest absolute Gasteiger partial charge is 0.464 e. The standard InChI is InChI=1S/C12H17NO2/c14-12(15)13-8-4-7-11(13)9-10-5-2-1-3-6-10/h4,7-8,10H,1-3,5-6,9H2,(H,14,15). The van der Waals surface area contributed by atoms with Gasteiger partial charge in [-0.15, -0.1) is 0 Å². The Labute approximate surface area is 89.7 Å². The van der Waals surface area contributed by atoms with Crippen LogP contribution in [0.5, 0.6) is 0 Å². The van der Waals surface area contributed by atoms with E-state index in [1.807, 2.05) is 12.1 Å². The lowest BCUT2D eigenvalue weighted by Gasteiger charge is -2.21. The lowest BCUT2D eigenvalue weighted by molar-refractivity contribution is 0.195. The summed E-state index contributed by atoms with van der Waals surface area (Å²) in [4.78, 5) is 10.9. The first-order chi connectivity index (χ1) is 7.27. The molecule has 1 aromatic heterocycles. The van der Waals surface area contributed by atoms with Crippen molar-refractivity contribution in [1.29, 1.82) is 0 Å². The molecule has 1 aliphatic carbocycles. The predicted octanol–water partition coefficient (Wildman–Crippen LogP) is 3.14. The maximum atomic E-state index is 10.9. The van der Waals surface area contributed by atoms with Crippen molar-refractivity contribution >= 4 is 6.09 Å². The van der Waals surface area contributed by atoms with Gasteiger partial charge in [0.25, 0.3) is 0 Å². The maximum Gasteiger partial charge on any atom is 0.415 e. The monoisotopic (exact) mass is 207 g/mol. The van der Waals surface area contributed by atoms with Crippen LogP contribution in [0.4, 0.5) is 4.79 Å². The van der Waals surface area contributed by atoms with Crippen molar-refractivity contribution in [3.63, 3.8) is 0 Å². The molecular weight excluding hydrogens is 190 g/mol. The Bertz CT molecular complexity index is 337. The number of hydrogen-bond donors (Lipinski definition) is 1. The Kier molecular flexibility index (Phi) is 3.09. The Morgan fingerprint density at radius 2 is 2.13 bits per heavy atom. The fourth-order valence-corrected chi connectivity index (χ4v) is 2.46. The summed E-state index contributed by atoms with van der Waals surface area (Å²) < 4.78 is 1.34. The van der Waals surface area contributed by atoms with Crippen LogP contribution in [0.25, 0.3) is 0 Å². The van der Waals surface area contributed by atoms with E-state index in [9.17, 15) is 4.79 Å². The van der Waals surface area contributed by atoms with E-state index in [1.165, 1.54) is 36.7 Å². The van der Waals surface area contributed by atoms with Gasteiger partial charge < -0.3 is 5.11 Å². The zero-order chi connectivity index (χ0) is 10.7. The van der Waals surface area contributed by atoms with Gasteiger partial charge in [0.05, 0.1) is 0 Å². The summed E-state index contributed by atoms with van der Waals surface area (Å²) in [5.74, 6) is 0.687. The van der Waals surface area contributed by atoms with Crippen molar-refractivity contribution in [2.75, 3.05) is 0 Å². The van der Waals surface area contributed by atoms with Gasteiger partial charge in [-0.3, -0.25) is 4.57 Å². The van der Waals surface area contributed by atoms with Crippen molar-refractivity contribution in [2.24, 2.45) is 5.92 Å². The molecule has 3 nitrogen and oxygen atoms in total. The molecule has 1 aliphatic rings. The summed E-state index contributed by atoms with van der Waals surface area (Å²) in [7, 11) is 0. The van der Waals surface area contributed by atoms with E-state index in [4.69, 9.17) is 5.11 Å². The van der Waals surface area contributed by atoms with Crippen molar-refractivity contribution in [3.05, 3.63) is 24.0 Å². The average Bonchev–Trinajstić information content (AvgIpc) is 2.67. The number of hydrogen-bond acceptors (Lipinski definition) is 1. The minimum atomic E-state index is -0.870. The first-order valence-corrected chi connectivity index (χ1v) is 5.67. The van der Waals surface area contributed by atoms with Gasteiger partial charge in [-0.05, 0) is 24.5 Å². The summed E-state index contributed by atoms with van der Waals surface area (Å²) in [6.07, 6.45) is 8.13. The van der Waals surface area contributed by atoms with Gasteiger partial charge in [-0.2, -0.15) is 0 Å². The van der Waals surface area contributed by atoms with E-state index < -0.39 is 6.09 Å². The Hall–Kier alpha value is -1.25. The lowest BCUT2D eigenvalue weighted by Crippen LogP contribution is -2.15. The minimum absolute atomic E-state index is 0.687. The Morgan fingerprint density at radius 1 is 1.40 bits per heavy atom. The van der Waals surface area contributed by atoms with Crippen molar-refractivity contribution in [2.45, 2.75) is 38.5 Å². The summed E-state index contributed by atoms with van der Waals surface area (Å²) in [5, 5.41) is 8.95. The van der Waals surface area contributed by atoms with Gasteiger partial charge in [-0.25, -0.2) is 4.79 Å². The summed E-state index contributed by atoms with van der Waals surface area (Å²) in [6, 6.07) is 3.73. The highest BCUT2D eigenvalue weighted by molar-refractivity contribution is 5.69. The number of carboxylic acid groups (broad SMARTS) is 1. The van der Waals surface area contributed by atoms with Gasteiger partial charge in [0.2, 0.25) is 0 Å². The number of rotatable bonds is 2. The van der Waals surface area contributed by atoms with Crippen LogP contribution in [-0.4, -0.2) is 15.8 Å². The fraction of sp³-hybridized carbons (Fsp3) is 0.583. The van der Waals surface area contributed by atoms with Crippen molar-refractivity contribution in [3.8, 4) is 0 Å². The number of nitrogens with zero attached hydrogens (tertiary/aromatic N) is 1. The fourth-order valence-electron chi connectivity index (χ4n) is 2.46. The summed E-state index contributed by atoms with van der Waals surface area (Å²) >= 11 is 0. The third kappa shape index (κ3) is 2.41. The topological polar surface area (TPSA) is 42.2 Å². The van der Waals surface area contributed by atoms with Crippen LogP contribution >= 0.6 is 0 Å². The molecule has 0 radical (unpaired) electrons. The first-order valence-electron chi connectivity index (χ1n) is 5.67. The van der Waals surface area contributed by atoms with Crippen LogP contribution in [0.1, 0.15) is 37.8 Å². The molecule has 1 heterocycles. The van der Waals surface area contributed by atoms with E-state index in [1.54, 1.807) is 6.20 Å². The molecular formula is C12H17NO2. The molecule has 0 spiro atoms. The number of aromatic nitrogens is 1. The lowest BCUT2D eigenvalue weighted by atomic mass is 9.86. The van der Waals surface area contributed by atoms with E-state index in [2.05, 4.69) is 0 Å². The second-order valence-corrected chi connectivity index (χ2v) is 4.36. The van der Waals surface area contributed by atoms with E-state index in [0.717, 1.165) is 12.1 Å². The molecule has 0 amide bonds. The minimum Gasteiger partial charge on any atom is -0.464 e. The number of carbonyl (C=O) groups is 1. The SMILES string of the molecule is O=C(O)n1cccc1CC1CCCCC1. The third-order valence-electron chi connectivity index (χ3n) is 3.26. The molecule has 0 aromatic carbocycles. The van der Waals surface area contributed by atoms with Gasteiger partial charge in [0, 0.05) is 11.9 Å². The van der Waals surface area contributed by atoms with Crippen LogP contribution < -0.4 is 0 Å². The van der Waals surface area contributed by atoms with Gasteiger partial charge in [0.15, 0.2) is 0 Å². The van der Waals surface area contributed by atoms with E-state index in [0.29, 0.717) is 5.92 Å². The normalized spacial score (nSPS) is 17.9. The molecule has 1 aromatic rings. The zero-order valence-electron chi connectivity index (χ0n) is 8.85. The Morgan fingerprint density at radius 3 is 2.80 bits per heavy atom. The van der Waals surface area contributed by atoms with Crippen LogP contribution in [-0.2, 0) is 6.42 Å². The molecule has 15 heavy (non-hydrogen) atoms. The molecule has 0 unspecified atom stereocenters. The smallest absolute Gasteiger partial charge is 0.415 e. The zero-order valence-corrected chi connectivity index (χ0v) is 8.85. The second-order valence-electron chi connectivity index (χ2n) is 4.36. The summed E-state index contributed by atoms with van der Waals surface area (Å²) in [5.41, 5.74) is 0.939. The molecule has 0 aliphatic heterocycles. The molecule has 2 rings (SSSR count). The first kappa shape index (κ1) is 10.3. The van der Waals surface area contributed by atoms with Gasteiger partial charge >= 0.3 is 6.09 Å². The molecule has 1 saturated carbocycles. The highest BCUT2D eigenvalue weighted by Gasteiger charge is 2.16. The summed E-state index contributed by atoms with van der Waals surface area (Å²) in [6.45, 7) is 0. The molecule has 0 atom stereocenters. The van der Waals surface area contributed by atoms with Crippen LogP contribution in [0, 0.1) is 5.92 Å². The van der Waals surface area contributed by atoms with Crippen LogP contribution in [0.3, 0.4) is 0 Å². The molecule has 1 N–H and O–H groups in total. The molecule has 0 bridgehead atoms. The molecule has 82 valence electrons. The Balaban J connectivity index is 2.03. The quantitative estimate of drug-likeness (QED) is 0.809. The van der Waals surface area contributed by atoms with Gasteiger partial charge in [-0.1, -0.05) is 32.1 Å². The second kappa shape index (κ2) is 4.51. The predicted molar refractivity (Wildman–Crippen MR) is 58.1 cm³/mol. The van der Waals surface area contributed by atoms with Crippen LogP contribution in [0.15, 0.2) is 18.3 Å². The maximum absolute atomic E-state index is 10.9. The molecule has 0 saturated heterocycles. The highest BCUT2D eigenvalue weighted by Crippen LogP contribution is 2.26. The van der Waals surface area contributed by atoms with E-state index >= 15 is 0 Å². The van der Waals surface area contributed by atoms with Gasteiger partial charge in [0.1, 0.15) is 0 Å².